The van der Waals surface area contributed by atoms with Crippen LogP contribution >= 0.6 is 0 Å². The van der Waals surface area contributed by atoms with Gasteiger partial charge in [-0.1, -0.05) is 6.07 Å². The molecule has 1 rings (SSSR count). The van der Waals surface area contributed by atoms with Crippen molar-refractivity contribution in [2.45, 2.75) is 0 Å². The van der Waals surface area contributed by atoms with E-state index in [1.165, 1.54) is 12.1 Å². The van der Waals surface area contributed by atoms with Gasteiger partial charge in [-0.3, -0.25) is 10.1 Å². The average Bonchev–Trinajstić information content (AvgIpc) is 2.36. The van der Waals surface area contributed by atoms with Crippen molar-refractivity contribution in [3.05, 3.63) is 34.4 Å². The minimum atomic E-state index is -0.393. The SMILES string of the molecule is COCCN(C)CCNc1cccc([N+](=O)[O-])c1. The number of nitrogens with one attached hydrogen (secondary N) is 1. The maximum atomic E-state index is 10.6. The van der Waals surface area contributed by atoms with Gasteiger partial charge in [0, 0.05) is 44.6 Å². The normalized spacial score (nSPS) is 10.6. The fraction of sp³-hybridized carbons (Fsp3) is 0.500. The van der Waals surface area contributed by atoms with Gasteiger partial charge in [0.15, 0.2) is 0 Å². The molecule has 0 aliphatic carbocycles. The van der Waals surface area contributed by atoms with Crippen molar-refractivity contribution in [1.29, 1.82) is 0 Å². The van der Waals surface area contributed by atoms with Crippen molar-refractivity contribution in [3.63, 3.8) is 0 Å². The van der Waals surface area contributed by atoms with E-state index < -0.39 is 4.92 Å². The van der Waals surface area contributed by atoms with Gasteiger partial charge in [-0.25, -0.2) is 0 Å². The second-order valence-electron chi connectivity index (χ2n) is 4.03. The monoisotopic (exact) mass is 253 g/mol. The highest BCUT2D eigenvalue weighted by Crippen LogP contribution is 2.16. The van der Waals surface area contributed by atoms with E-state index in [0.29, 0.717) is 6.61 Å². The first-order chi connectivity index (χ1) is 8.63. The second-order valence-corrected chi connectivity index (χ2v) is 4.03. The van der Waals surface area contributed by atoms with Gasteiger partial charge in [0.2, 0.25) is 0 Å². The molecule has 0 saturated heterocycles. The molecular weight excluding hydrogens is 234 g/mol. The molecule has 0 radical (unpaired) electrons. The third kappa shape index (κ3) is 5.11. The quantitative estimate of drug-likeness (QED) is 0.563. The van der Waals surface area contributed by atoms with Gasteiger partial charge in [0.25, 0.3) is 5.69 Å². The zero-order chi connectivity index (χ0) is 13.4. The van der Waals surface area contributed by atoms with Crippen LogP contribution in [0.25, 0.3) is 0 Å². The number of hydrogen-bond donors (Lipinski definition) is 1. The number of ether oxygens (including phenoxy) is 1. The van der Waals surface area contributed by atoms with Crippen molar-refractivity contribution < 1.29 is 9.66 Å². The molecule has 0 aliphatic rings. The summed E-state index contributed by atoms with van der Waals surface area (Å²) in [6.45, 7) is 3.16. The maximum absolute atomic E-state index is 10.6. The number of benzene rings is 1. The summed E-state index contributed by atoms with van der Waals surface area (Å²) in [6.07, 6.45) is 0. The van der Waals surface area contributed by atoms with Crippen molar-refractivity contribution in [2.24, 2.45) is 0 Å². The highest BCUT2D eigenvalue weighted by atomic mass is 16.6. The van der Waals surface area contributed by atoms with Crippen LogP contribution in [-0.2, 0) is 4.74 Å². The number of nitro groups is 1. The number of anilines is 1. The Balaban J connectivity index is 2.35. The third-order valence-corrected chi connectivity index (χ3v) is 2.56. The molecule has 0 unspecified atom stereocenters. The lowest BCUT2D eigenvalue weighted by Crippen LogP contribution is -2.28. The van der Waals surface area contributed by atoms with Crippen molar-refractivity contribution in [2.75, 3.05) is 45.7 Å². The Morgan fingerprint density at radius 2 is 2.22 bits per heavy atom. The highest BCUT2D eigenvalue weighted by Gasteiger charge is 2.05. The Hall–Kier alpha value is -1.66. The van der Waals surface area contributed by atoms with E-state index in [-0.39, 0.29) is 5.69 Å². The number of rotatable bonds is 8. The summed E-state index contributed by atoms with van der Waals surface area (Å²) in [5.74, 6) is 0. The first-order valence-electron chi connectivity index (χ1n) is 5.79. The van der Waals surface area contributed by atoms with Gasteiger partial charge in [0.05, 0.1) is 11.5 Å². The standard InChI is InChI=1S/C12H19N3O3/c1-14(8-9-18-2)7-6-13-11-4-3-5-12(10-11)15(16)17/h3-5,10,13H,6-9H2,1-2H3. The van der Waals surface area contributed by atoms with Crippen LogP contribution in [0.5, 0.6) is 0 Å². The molecule has 18 heavy (non-hydrogen) atoms. The molecule has 0 aliphatic heterocycles. The third-order valence-electron chi connectivity index (χ3n) is 2.56. The molecule has 0 fully saturated rings. The predicted molar refractivity (Wildman–Crippen MR) is 71.0 cm³/mol. The second kappa shape index (κ2) is 7.62. The number of likely N-dealkylation sites (N-methyl/N-ethyl adjacent to an activating group) is 1. The molecule has 0 amide bonds. The number of non-ortho nitro benzene ring substituents is 1. The molecule has 1 aromatic carbocycles. The van der Waals surface area contributed by atoms with E-state index in [2.05, 4.69) is 10.2 Å². The number of hydrogen-bond acceptors (Lipinski definition) is 5. The van der Waals surface area contributed by atoms with Gasteiger partial charge < -0.3 is 15.0 Å². The van der Waals surface area contributed by atoms with E-state index in [1.807, 2.05) is 13.1 Å². The Kier molecular flexibility index (Phi) is 6.10. The maximum Gasteiger partial charge on any atom is 0.271 e. The summed E-state index contributed by atoms with van der Waals surface area (Å²) in [7, 11) is 3.68. The van der Waals surface area contributed by atoms with Crippen molar-refractivity contribution in [1.82, 2.24) is 4.90 Å². The van der Waals surface area contributed by atoms with E-state index in [4.69, 9.17) is 4.74 Å². The van der Waals surface area contributed by atoms with Crippen LogP contribution in [0.4, 0.5) is 11.4 Å². The predicted octanol–water partition coefficient (Wildman–Crippen LogP) is 1.58. The minimum Gasteiger partial charge on any atom is -0.384 e. The number of nitrogens with zero attached hydrogens (tertiary/aromatic N) is 2. The van der Waals surface area contributed by atoms with E-state index in [9.17, 15) is 10.1 Å². The minimum absolute atomic E-state index is 0.104. The van der Waals surface area contributed by atoms with Crippen molar-refractivity contribution >= 4 is 11.4 Å². The molecule has 1 aromatic rings. The highest BCUT2D eigenvalue weighted by molar-refractivity contribution is 5.50. The summed E-state index contributed by atoms with van der Waals surface area (Å²) >= 11 is 0. The lowest BCUT2D eigenvalue weighted by atomic mass is 10.3. The fourth-order valence-electron chi connectivity index (χ4n) is 1.48. The first-order valence-corrected chi connectivity index (χ1v) is 5.79. The van der Waals surface area contributed by atoms with Crippen LogP contribution in [0.1, 0.15) is 0 Å². The molecule has 0 atom stereocenters. The van der Waals surface area contributed by atoms with Gasteiger partial charge in [-0.15, -0.1) is 0 Å². The average molecular weight is 253 g/mol. The zero-order valence-corrected chi connectivity index (χ0v) is 10.8. The zero-order valence-electron chi connectivity index (χ0n) is 10.8. The first kappa shape index (κ1) is 14.4. The smallest absolute Gasteiger partial charge is 0.271 e. The Labute approximate surface area is 107 Å². The summed E-state index contributed by atoms with van der Waals surface area (Å²) in [6, 6.07) is 6.52. The van der Waals surface area contributed by atoms with Crippen LogP contribution in [0.3, 0.4) is 0 Å². The lowest BCUT2D eigenvalue weighted by molar-refractivity contribution is -0.384. The van der Waals surface area contributed by atoms with E-state index in [0.717, 1.165) is 25.3 Å². The largest absolute Gasteiger partial charge is 0.384 e. The van der Waals surface area contributed by atoms with E-state index >= 15 is 0 Å². The summed E-state index contributed by atoms with van der Waals surface area (Å²) in [5.41, 5.74) is 0.872. The molecule has 6 heteroatoms. The van der Waals surface area contributed by atoms with Crippen LogP contribution in [-0.4, -0.2) is 50.2 Å². The van der Waals surface area contributed by atoms with Crippen LogP contribution < -0.4 is 5.32 Å². The summed E-state index contributed by atoms with van der Waals surface area (Å²) in [5, 5.41) is 13.8. The summed E-state index contributed by atoms with van der Waals surface area (Å²) in [4.78, 5) is 12.3. The van der Waals surface area contributed by atoms with Crippen LogP contribution in [0, 0.1) is 10.1 Å². The van der Waals surface area contributed by atoms with E-state index in [1.54, 1.807) is 13.2 Å². The molecule has 100 valence electrons. The molecule has 1 N–H and O–H groups in total. The molecule has 0 spiro atoms. The van der Waals surface area contributed by atoms with Crippen LogP contribution in [0.15, 0.2) is 24.3 Å². The summed E-state index contributed by atoms with van der Waals surface area (Å²) < 4.78 is 4.98. The van der Waals surface area contributed by atoms with Gasteiger partial charge in [-0.05, 0) is 13.1 Å². The van der Waals surface area contributed by atoms with Crippen molar-refractivity contribution in [3.8, 4) is 0 Å². The molecule has 0 bridgehead atoms. The van der Waals surface area contributed by atoms with Gasteiger partial charge in [-0.2, -0.15) is 0 Å². The topological polar surface area (TPSA) is 67.6 Å². The Morgan fingerprint density at radius 3 is 2.89 bits per heavy atom. The van der Waals surface area contributed by atoms with Gasteiger partial charge >= 0.3 is 0 Å². The number of methoxy groups -OCH3 is 1. The molecule has 0 aromatic heterocycles. The molecule has 0 heterocycles. The molecular formula is C12H19N3O3. The van der Waals surface area contributed by atoms with Gasteiger partial charge in [0.1, 0.15) is 0 Å². The Bertz CT molecular complexity index is 385. The molecule has 6 nitrogen and oxygen atoms in total. The Morgan fingerprint density at radius 1 is 1.44 bits per heavy atom. The fourth-order valence-corrected chi connectivity index (χ4v) is 1.48. The van der Waals surface area contributed by atoms with Crippen LogP contribution in [0.2, 0.25) is 0 Å². The lowest BCUT2D eigenvalue weighted by Gasteiger charge is -2.16. The molecule has 0 saturated carbocycles. The number of nitro benzene ring substituents is 1.